The minimum Gasteiger partial charge on any atom is -0.497 e. The molecule has 84 valence electrons. The number of benzene rings is 1. The molecule has 1 aromatic heterocycles. The van der Waals surface area contributed by atoms with Crippen LogP contribution in [0.4, 0.5) is 0 Å². The van der Waals surface area contributed by atoms with Crippen LogP contribution in [-0.4, -0.2) is 7.11 Å². The van der Waals surface area contributed by atoms with Crippen LogP contribution in [0.3, 0.4) is 0 Å². The lowest BCUT2D eigenvalue weighted by Gasteiger charge is -2.04. The van der Waals surface area contributed by atoms with Gasteiger partial charge in [-0.15, -0.1) is 0 Å². The minimum absolute atomic E-state index is 0.889. The molecule has 1 aromatic carbocycles. The zero-order valence-electron chi connectivity index (χ0n) is 9.27. The summed E-state index contributed by atoms with van der Waals surface area (Å²) in [6, 6.07) is 10.3. The summed E-state index contributed by atoms with van der Waals surface area (Å²) in [5.41, 5.74) is 2.62. The Morgan fingerprint density at radius 3 is 2.44 bits per heavy atom. The molecular weight excluding hydrogens is 218 g/mol. The van der Waals surface area contributed by atoms with Crippen molar-refractivity contribution in [1.82, 2.24) is 5.32 Å². The van der Waals surface area contributed by atoms with E-state index in [2.05, 4.69) is 34.3 Å². The van der Waals surface area contributed by atoms with Crippen LogP contribution >= 0.6 is 11.3 Å². The van der Waals surface area contributed by atoms with Crippen LogP contribution in [0.5, 0.6) is 5.75 Å². The molecule has 0 radical (unpaired) electrons. The molecule has 2 aromatic rings. The fraction of sp³-hybridized carbons (Fsp3) is 0.231. The minimum atomic E-state index is 0.889. The Hall–Kier alpha value is -1.32. The number of rotatable bonds is 5. The van der Waals surface area contributed by atoms with E-state index in [1.165, 1.54) is 11.1 Å². The van der Waals surface area contributed by atoms with Crippen molar-refractivity contribution >= 4 is 11.3 Å². The summed E-state index contributed by atoms with van der Waals surface area (Å²) in [7, 11) is 1.68. The first-order valence-electron chi connectivity index (χ1n) is 5.23. The van der Waals surface area contributed by atoms with Crippen LogP contribution < -0.4 is 10.1 Å². The number of hydrogen-bond donors (Lipinski definition) is 1. The summed E-state index contributed by atoms with van der Waals surface area (Å²) in [4.78, 5) is 0. The molecule has 0 spiro atoms. The van der Waals surface area contributed by atoms with E-state index in [0.717, 1.165) is 18.8 Å². The van der Waals surface area contributed by atoms with Gasteiger partial charge in [0.25, 0.3) is 0 Å². The Bertz CT molecular complexity index is 408. The average Bonchev–Trinajstić information content (AvgIpc) is 2.83. The summed E-state index contributed by atoms with van der Waals surface area (Å²) >= 11 is 1.73. The van der Waals surface area contributed by atoms with Gasteiger partial charge in [-0.25, -0.2) is 0 Å². The summed E-state index contributed by atoms with van der Waals surface area (Å²) in [6.45, 7) is 1.81. The Morgan fingerprint density at radius 2 is 1.81 bits per heavy atom. The molecule has 0 aliphatic carbocycles. The second-order valence-corrected chi connectivity index (χ2v) is 4.36. The van der Waals surface area contributed by atoms with Crippen molar-refractivity contribution in [2.45, 2.75) is 13.1 Å². The van der Waals surface area contributed by atoms with Gasteiger partial charge >= 0.3 is 0 Å². The van der Waals surface area contributed by atoms with E-state index in [0.29, 0.717) is 0 Å². The van der Waals surface area contributed by atoms with Gasteiger partial charge in [-0.05, 0) is 40.1 Å². The molecular formula is C13H15NOS. The molecule has 0 atom stereocenters. The largest absolute Gasteiger partial charge is 0.497 e. The van der Waals surface area contributed by atoms with Gasteiger partial charge in [0.1, 0.15) is 5.75 Å². The Labute approximate surface area is 99.9 Å². The Balaban J connectivity index is 1.81. The van der Waals surface area contributed by atoms with Crippen molar-refractivity contribution in [3.05, 3.63) is 52.2 Å². The average molecular weight is 233 g/mol. The van der Waals surface area contributed by atoms with Crippen molar-refractivity contribution in [3.63, 3.8) is 0 Å². The van der Waals surface area contributed by atoms with Gasteiger partial charge in [-0.3, -0.25) is 0 Å². The molecule has 0 aliphatic rings. The monoisotopic (exact) mass is 233 g/mol. The molecule has 0 saturated carbocycles. The molecule has 0 unspecified atom stereocenters. The Morgan fingerprint density at radius 1 is 1.06 bits per heavy atom. The third-order valence-electron chi connectivity index (χ3n) is 2.40. The van der Waals surface area contributed by atoms with E-state index in [9.17, 15) is 0 Å². The van der Waals surface area contributed by atoms with E-state index < -0.39 is 0 Å². The SMILES string of the molecule is COc1ccc(CNCc2ccsc2)cc1. The highest BCUT2D eigenvalue weighted by Crippen LogP contribution is 2.11. The van der Waals surface area contributed by atoms with Crippen molar-refractivity contribution in [2.75, 3.05) is 7.11 Å². The smallest absolute Gasteiger partial charge is 0.118 e. The lowest BCUT2D eigenvalue weighted by Crippen LogP contribution is -2.11. The molecule has 2 rings (SSSR count). The van der Waals surface area contributed by atoms with E-state index in [1.807, 2.05) is 12.1 Å². The van der Waals surface area contributed by atoms with Crippen molar-refractivity contribution in [1.29, 1.82) is 0 Å². The van der Waals surface area contributed by atoms with Crippen LogP contribution in [-0.2, 0) is 13.1 Å². The maximum Gasteiger partial charge on any atom is 0.118 e. The Kier molecular flexibility index (Phi) is 3.97. The third-order valence-corrected chi connectivity index (χ3v) is 3.13. The lowest BCUT2D eigenvalue weighted by molar-refractivity contribution is 0.414. The lowest BCUT2D eigenvalue weighted by atomic mass is 10.2. The predicted octanol–water partition coefficient (Wildman–Crippen LogP) is 3.05. The van der Waals surface area contributed by atoms with E-state index >= 15 is 0 Å². The predicted molar refractivity (Wildman–Crippen MR) is 67.9 cm³/mol. The van der Waals surface area contributed by atoms with Gasteiger partial charge in [-0.1, -0.05) is 12.1 Å². The maximum atomic E-state index is 5.11. The second-order valence-electron chi connectivity index (χ2n) is 3.58. The molecule has 0 bridgehead atoms. The molecule has 1 heterocycles. The first-order chi connectivity index (χ1) is 7.88. The van der Waals surface area contributed by atoms with Crippen LogP contribution in [0.1, 0.15) is 11.1 Å². The number of thiophene rings is 1. The second kappa shape index (κ2) is 5.68. The first kappa shape index (κ1) is 11.2. The van der Waals surface area contributed by atoms with E-state index in [1.54, 1.807) is 18.4 Å². The summed E-state index contributed by atoms with van der Waals surface area (Å²) < 4.78 is 5.11. The van der Waals surface area contributed by atoms with Gasteiger partial charge < -0.3 is 10.1 Å². The highest BCUT2D eigenvalue weighted by molar-refractivity contribution is 7.07. The first-order valence-corrected chi connectivity index (χ1v) is 6.17. The van der Waals surface area contributed by atoms with Crippen LogP contribution in [0.25, 0.3) is 0 Å². The maximum absolute atomic E-state index is 5.11. The highest BCUT2D eigenvalue weighted by atomic mass is 32.1. The summed E-state index contributed by atoms with van der Waals surface area (Å²) in [6.07, 6.45) is 0. The van der Waals surface area contributed by atoms with Gasteiger partial charge in [0.15, 0.2) is 0 Å². The van der Waals surface area contributed by atoms with Crippen molar-refractivity contribution in [2.24, 2.45) is 0 Å². The quantitative estimate of drug-likeness (QED) is 0.857. The van der Waals surface area contributed by atoms with Gasteiger partial charge in [0, 0.05) is 13.1 Å². The topological polar surface area (TPSA) is 21.3 Å². The van der Waals surface area contributed by atoms with Gasteiger partial charge in [0.2, 0.25) is 0 Å². The van der Waals surface area contributed by atoms with Gasteiger partial charge in [0.05, 0.1) is 7.11 Å². The number of ether oxygens (including phenoxy) is 1. The van der Waals surface area contributed by atoms with Crippen LogP contribution in [0, 0.1) is 0 Å². The van der Waals surface area contributed by atoms with Crippen LogP contribution in [0.15, 0.2) is 41.1 Å². The molecule has 3 heteroatoms. The normalized spacial score (nSPS) is 10.3. The number of methoxy groups -OCH3 is 1. The number of hydrogen-bond acceptors (Lipinski definition) is 3. The molecule has 0 aliphatic heterocycles. The van der Waals surface area contributed by atoms with Crippen LogP contribution in [0.2, 0.25) is 0 Å². The van der Waals surface area contributed by atoms with Crippen molar-refractivity contribution in [3.8, 4) is 5.75 Å². The highest BCUT2D eigenvalue weighted by Gasteiger charge is 1.95. The van der Waals surface area contributed by atoms with Gasteiger partial charge in [-0.2, -0.15) is 11.3 Å². The molecule has 0 saturated heterocycles. The van der Waals surface area contributed by atoms with Crippen molar-refractivity contribution < 1.29 is 4.74 Å². The molecule has 16 heavy (non-hydrogen) atoms. The molecule has 0 amide bonds. The fourth-order valence-corrected chi connectivity index (χ4v) is 2.16. The number of nitrogens with one attached hydrogen (secondary N) is 1. The zero-order chi connectivity index (χ0) is 11.2. The summed E-state index contributed by atoms with van der Waals surface area (Å²) in [5.74, 6) is 0.904. The zero-order valence-corrected chi connectivity index (χ0v) is 10.1. The molecule has 1 N–H and O–H groups in total. The summed E-state index contributed by atoms with van der Waals surface area (Å²) in [5, 5.41) is 7.68. The fourth-order valence-electron chi connectivity index (χ4n) is 1.49. The molecule has 0 fully saturated rings. The van der Waals surface area contributed by atoms with E-state index in [4.69, 9.17) is 4.74 Å². The molecule has 2 nitrogen and oxygen atoms in total. The standard InChI is InChI=1S/C13H15NOS/c1-15-13-4-2-11(3-5-13)8-14-9-12-6-7-16-10-12/h2-7,10,14H,8-9H2,1H3. The van der Waals surface area contributed by atoms with E-state index in [-0.39, 0.29) is 0 Å². The third kappa shape index (κ3) is 3.08.